The second kappa shape index (κ2) is 6.34. The quantitative estimate of drug-likeness (QED) is 0.867. The molecule has 2 rings (SSSR count). The number of benzene rings is 1. The van der Waals surface area contributed by atoms with Gasteiger partial charge < -0.3 is 14.8 Å². The Morgan fingerprint density at radius 3 is 2.57 bits per heavy atom. The highest BCUT2D eigenvalue weighted by Gasteiger charge is 2.32. The van der Waals surface area contributed by atoms with E-state index in [0.29, 0.717) is 24.5 Å². The van der Waals surface area contributed by atoms with Gasteiger partial charge in [0.1, 0.15) is 0 Å². The molecule has 21 heavy (non-hydrogen) atoms. The van der Waals surface area contributed by atoms with Crippen molar-refractivity contribution in [2.45, 2.75) is 13.0 Å². The molecule has 1 aromatic rings. The number of ether oxygens (including phenoxy) is 2. The van der Waals surface area contributed by atoms with Gasteiger partial charge in [-0.25, -0.2) is 8.42 Å². The third-order valence-corrected chi connectivity index (χ3v) is 5.29. The van der Waals surface area contributed by atoms with Crippen LogP contribution in [0.3, 0.4) is 0 Å². The van der Waals surface area contributed by atoms with E-state index in [1.54, 1.807) is 26.4 Å². The number of sulfone groups is 1. The van der Waals surface area contributed by atoms with Crippen molar-refractivity contribution >= 4 is 15.7 Å². The number of hydrogen-bond donors (Lipinski definition) is 1. The highest BCUT2D eigenvalue weighted by atomic mass is 32.2. The smallest absolute Gasteiger partial charge is 0.224 e. The first-order valence-corrected chi connectivity index (χ1v) is 8.46. The van der Waals surface area contributed by atoms with Crippen molar-refractivity contribution in [1.29, 1.82) is 0 Å². The second-order valence-electron chi connectivity index (χ2n) is 5.01. The van der Waals surface area contributed by atoms with E-state index in [1.165, 1.54) is 0 Å². The van der Waals surface area contributed by atoms with E-state index >= 15 is 0 Å². The fourth-order valence-corrected chi connectivity index (χ4v) is 4.07. The van der Waals surface area contributed by atoms with Crippen LogP contribution in [0, 0.1) is 5.92 Å². The highest BCUT2D eigenvalue weighted by molar-refractivity contribution is 7.91. The van der Waals surface area contributed by atoms with E-state index in [9.17, 15) is 13.2 Å². The summed E-state index contributed by atoms with van der Waals surface area (Å²) < 4.78 is 33.1. The predicted molar refractivity (Wildman–Crippen MR) is 78.2 cm³/mol. The van der Waals surface area contributed by atoms with Gasteiger partial charge in [-0.05, 0) is 24.1 Å². The highest BCUT2D eigenvalue weighted by Crippen LogP contribution is 2.27. The molecule has 6 nitrogen and oxygen atoms in total. The van der Waals surface area contributed by atoms with E-state index in [0.717, 1.165) is 5.56 Å². The zero-order chi connectivity index (χ0) is 15.5. The first-order chi connectivity index (χ1) is 9.95. The number of hydrogen-bond acceptors (Lipinski definition) is 5. The van der Waals surface area contributed by atoms with Crippen molar-refractivity contribution in [2.75, 3.05) is 25.7 Å². The van der Waals surface area contributed by atoms with Gasteiger partial charge in [-0.2, -0.15) is 0 Å². The van der Waals surface area contributed by atoms with Crippen molar-refractivity contribution < 1.29 is 22.7 Å². The largest absolute Gasteiger partial charge is 0.493 e. The maximum Gasteiger partial charge on any atom is 0.224 e. The lowest BCUT2D eigenvalue weighted by molar-refractivity contribution is -0.124. The van der Waals surface area contributed by atoms with E-state index in [-0.39, 0.29) is 17.4 Å². The molecule has 0 spiro atoms. The molecule has 1 aromatic carbocycles. The summed E-state index contributed by atoms with van der Waals surface area (Å²) in [7, 11) is 0.0602. The van der Waals surface area contributed by atoms with Gasteiger partial charge in [0, 0.05) is 6.54 Å². The lowest BCUT2D eigenvalue weighted by Gasteiger charge is -2.12. The standard InChI is InChI=1S/C14H19NO5S/c1-19-12-4-3-10(7-13(12)20-2)8-15-14(16)11-5-6-21(17,18)9-11/h3-4,7,11H,5-6,8-9H2,1-2H3,(H,15,16). The summed E-state index contributed by atoms with van der Waals surface area (Å²) in [6.45, 7) is 0.329. The predicted octanol–water partition coefficient (Wildman–Crippen LogP) is 0.755. The number of amides is 1. The van der Waals surface area contributed by atoms with Gasteiger partial charge in [0.15, 0.2) is 21.3 Å². The Labute approximate surface area is 124 Å². The molecule has 1 saturated heterocycles. The molecule has 0 aromatic heterocycles. The fraction of sp³-hybridized carbons (Fsp3) is 0.500. The monoisotopic (exact) mass is 313 g/mol. The van der Waals surface area contributed by atoms with Gasteiger partial charge in [0.05, 0.1) is 31.6 Å². The van der Waals surface area contributed by atoms with Crippen LogP contribution in [-0.2, 0) is 21.2 Å². The molecule has 0 saturated carbocycles. The summed E-state index contributed by atoms with van der Waals surface area (Å²) in [6.07, 6.45) is 0.403. The molecule has 1 atom stereocenters. The molecule has 1 unspecified atom stereocenters. The van der Waals surface area contributed by atoms with Gasteiger partial charge in [-0.1, -0.05) is 6.07 Å². The Hall–Kier alpha value is -1.76. The zero-order valence-corrected chi connectivity index (χ0v) is 12.9. The Bertz CT molecular complexity index is 626. The molecule has 1 N–H and O–H groups in total. The third-order valence-electron chi connectivity index (χ3n) is 3.52. The Kier molecular flexibility index (Phi) is 4.72. The summed E-state index contributed by atoms with van der Waals surface area (Å²) in [5.74, 6) is 0.606. The zero-order valence-electron chi connectivity index (χ0n) is 12.1. The molecule has 116 valence electrons. The lowest BCUT2D eigenvalue weighted by Crippen LogP contribution is -2.30. The van der Waals surface area contributed by atoms with Gasteiger partial charge in [-0.15, -0.1) is 0 Å². The molecular formula is C14H19NO5S. The number of carbonyl (C=O) groups is 1. The summed E-state index contributed by atoms with van der Waals surface area (Å²) >= 11 is 0. The van der Waals surface area contributed by atoms with Gasteiger partial charge in [0.2, 0.25) is 5.91 Å². The fourth-order valence-electron chi connectivity index (χ4n) is 2.33. The van der Waals surface area contributed by atoms with E-state index in [1.807, 2.05) is 6.07 Å². The van der Waals surface area contributed by atoms with Crippen LogP contribution in [0.15, 0.2) is 18.2 Å². The minimum atomic E-state index is -3.04. The van der Waals surface area contributed by atoms with Crippen molar-refractivity contribution in [3.05, 3.63) is 23.8 Å². The molecule has 1 heterocycles. The van der Waals surface area contributed by atoms with E-state index in [4.69, 9.17) is 9.47 Å². The van der Waals surface area contributed by atoms with Crippen LogP contribution < -0.4 is 14.8 Å². The van der Waals surface area contributed by atoms with Gasteiger partial charge in [-0.3, -0.25) is 4.79 Å². The SMILES string of the molecule is COc1ccc(CNC(=O)C2CCS(=O)(=O)C2)cc1OC. The Balaban J connectivity index is 1.95. The summed E-state index contributed by atoms with van der Waals surface area (Å²) in [5.41, 5.74) is 0.863. The van der Waals surface area contributed by atoms with E-state index in [2.05, 4.69) is 5.32 Å². The number of nitrogens with one attached hydrogen (secondary N) is 1. The maximum absolute atomic E-state index is 12.0. The molecule has 0 aliphatic carbocycles. The Morgan fingerprint density at radius 1 is 1.29 bits per heavy atom. The minimum Gasteiger partial charge on any atom is -0.493 e. The number of carbonyl (C=O) groups excluding carboxylic acids is 1. The second-order valence-corrected chi connectivity index (χ2v) is 7.24. The molecule has 0 radical (unpaired) electrons. The third kappa shape index (κ3) is 3.87. The van der Waals surface area contributed by atoms with Crippen LogP contribution in [-0.4, -0.2) is 40.1 Å². The van der Waals surface area contributed by atoms with Crippen LogP contribution in [0.1, 0.15) is 12.0 Å². The minimum absolute atomic E-state index is 0.0508. The summed E-state index contributed by atoms with van der Waals surface area (Å²) in [6, 6.07) is 5.37. The topological polar surface area (TPSA) is 81.7 Å². The molecule has 0 bridgehead atoms. The molecule has 7 heteroatoms. The van der Waals surface area contributed by atoms with Crippen molar-refractivity contribution in [3.8, 4) is 11.5 Å². The molecule has 1 aliphatic rings. The van der Waals surface area contributed by atoms with Crippen molar-refractivity contribution in [2.24, 2.45) is 5.92 Å². The van der Waals surface area contributed by atoms with Gasteiger partial charge >= 0.3 is 0 Å². The first kappa shape index (κ1) is 15.6. The van der Waals surface area contributed by atoms with Crippen LogP contribution >= 0.6 is 0 Å². The molecule has 1 aliphatic heterocycles. The summed E-state index contributed by atoms with van der Waals surface area (Å²) in [4.78, 5) is 12.0. The van der Waals surface area contributed by atoms with Crippen LogP contribution in [0.2, 0.25) is 0 Å². The first-order valence-electron chi connectivity index (χ1n) is 6.64. The average Bonchev–Trinajstić information content (AvgIpc) is 2.84. The number of methoxy groups -OCH3 is 2. The van der Waals surface area contributed by atoms with Crippen LogP contribution in [0.25, 0.3) is 0 Å². The lowest BCUT2D eigenvalue weighted by atomic mass is 10.1. The normalized spacial score (nSPS) is 20.0. The Morgan fingerprint density at radius 2 is 2.00 bits per heavy atom. The number of rotatable bonds is 5. The van der Waals surface area contributed by atoms with Crippen LogP contribution in [0.4, 0.5) is 0 Å². The molecule has 1 amide bonds. The summed E-state index contributed by atoms with van der Waals surface area (Å²) in [5, 5.41) is 2.77. The maximum atomic E-state index is 12.0. The molecule has 1 fully saturated rings. The average molecular weight is 313 g/mol. The van der Waals surface area contributed by atoms with Crippen molar-refractivity contribution in [1.82, 2.24) is 5.32 Å². The van der Waals surface area contributed by atoms with Crippen molar-refractivity contribution in [3.63, 3.8) is 0 Å². The van der Waals surface area contributed by atoms with Crippen LogP contribution in [0.5, 0.6) is 11.5 Å². The van der Waals surface area contributed by atoms with Gasteiger partial charge in [0.25, 0.3) is 0 Å². The molecular weight excluding hydrogens is 294 g/mol. The van der Waals surface area contributed by atoms with E-state index < -0.39 is 15.8 Å².